The molecule has 0 bridgehead atoms. The van der Waals surface area contributed by atoms with E-state index in [1.54, 1.807) is 46.9 Å². The lowest BCUT2D eigenvalue weighted by atomic mass is 9.97. The number of amides is 1. The average Bonchev–Trinajstić information content (AvgIpc) is 3.31. The zero-order valence-electron chi connectivity index (χ0n) is 18.3. The fourth-order valence-corrected chi connectivity index (χ4v) is 4.60. The van der Waals surface area contributed by atoms with Crippen LogP contribution in [0.1, 0.15) is 23.0 Å². The number of morpholine rings is 1. The summed E-state index contributed by atoms with van der Waals surface area (Å²) in [4.78, 5) is 38.7. The molecule has 0 aromatic carbocycles. The van der Waals surface area contributed by atoms with Crippen LogP contribution in [0.15, 0.2) is 54.5 Å². The highest BCUT2D eigenvalue weighted by Crippen LogP contribution is 2.39. The van der Waals surface area contributed by atoms with E-state index in [2.05, 4.69) is 14.9 Å². The Bertz CT molecular complexity index is 1230. The number of pyridine rings is 2. The van der Waals surface area contributed by atoms with Gasteiger partial charge in [-0.25, -0.2) is 4.98 Å². The Morgan fingerprint density at radius 1 is 1.12 bits per heavy atom. The molecule has 5 rings (SSSR count). The SMILES string of the molecule is Cc1nc2ccccn2c1C(O)=C1C(=O)C(=O)N(CCN2CCOCC2)[C@@H]1c1ccncc1. The van der Waals surface area contributed by atoms with Crippen molar-refractivity contribution in [2.24, 2.45) is 0 Å². The lowest BCUT2D eigenvalue weighted by molar-refractivity contribution is -0.140. The van der Waals surface area contributed by atoms with Crippen molar-refractivity contribution in [3.8, 4) is 0 Å². The molecule has 3 aromatic rings. The van der Waals surface area contributed by atoms with E-state index >= 15 is 0 Å². The highest BCUT2D eigenvalue weighted by Gasteiger charge is 2.46. The van der Waals surface area contributed by atoms with Crippen molar-refractivity contribution < 1.29 is 19.4 Å². The smallest absolute Gasteiger partial charge is 0.295 e. The summed E-state index contributed by atoms with van der Waals surface area (Å²) in [5, 5.41) is 11.4. The topological polar surface area (TPSA) is 100 Å². The first-order valence-corrected chi connectivity index (χ1v) is 11.0. The van der Waals surface area contributed by atoms with Gasteiger partial charge in [0, 0.05) is 44.8 Å². The summed E-state index contributed by atoms with van der Waals surface area (Å²) in [6.07, 6.45) is 5.02. The van der Waals surface area contributed by atoms with Gasteiger partial charge in [-0.05, 0) is 36.8 Å². The first kappa shape index (κ1) is 21.3. The fraction of sp³-hybridized carbons (Fsp3) is 0.333. The fourth-order valence-electron chi connectivity index (χ4n) is 4.60. The zero-order valence-corrected chi connectivity index (χ0v) is 18.3. The molecule has 0 saturated carbocycles. The van der Waals surface area contributed by atoms with Gasteiger partial charge in [0.25, 0.3) is 11.7 Å². The first-order chi connectivity index (χ1) is 16.1. The van der Waals surface area contributed by atoms with Gasteiger partial charge in [-0.3, -0.25) is 23.9 Å². The van der Waals surface area contributed by atoms with Gasteiger partial charge in [0.1, 0.15) is 11.3 Å². The molecule has 3 aromatic heterocycles. The van der Waals surface area contributed by atoms with E-state index in [1.807, 2.05) is 18.2 Å². The van der Waals surface area contributed by atoms with Gasteiger partial charge in [-0.2, -0.15) is 0 Å². The van der Waals surface area contributed by atoms with Crippen molar-refractivity contribution in [2.75, 3.05) is 39.4 Å². The normalized spacial score (nSPS) is 21.2. The number of aliphatic hydroxyl groups excluding tert-OH is 1. The molecule has 0 radical (unpaired) electrons. The number of carbonyl (C=O) groups excluding carboxylic acids is 2. The van der Waals surface area contributed by atoms with E-state index in [0.29, 0.717) is 43.3 Å². The number of ketones is 1. The van der Waals surface area contributed by atoms with Crippen molar-refractivity contribution in [1.82, 2.24) is 24.2 Å². The van der Waals surface area contributed by atoms with E-state index in [4.69, 9.17) is 4.74 Å². The Morgan fingerprint density at radius 2 is 1.88 bits per heavy atom. The van der Waals surface area contributed by atoms with E-state index in [1.165, 1.54) is 0 Å². The van der Waals surface area contributed by atoms with Gasteiger partial charge in [-0.1, -0.05) is 6.07 Å². The highest BCUT2D eigenvalue weighted by atomic mass is 16.5. The highest BCUT2D eigenvalue weighted by molar-refractivity contribution is 6.46. The van der Waals surface area contributed by atoms with Crippen LogP contribution >= 0.6 is 0 Å². The van der Waals surface area contributed by atoms with Crippen LogP contribution in [0.2, 0.25) is 0 Å². The maximum atomic E-state index is 13.2. The maximum absolute atomic E-state index is 13.2. The van der Waals surface area contributed by atoms with Crippen LogP contribution in [-0.4, -0.2) is 80.4 Å². The third kappa shape index (κ3) is 3.79. The third-order valence-corrected chi connectivity index (χ3v) is 6.25. The lowest BCUT2D eigenvalue weighted by Gasteiger charge is -2.30. The molecular formula is C24H25N5O4. The summed E-state index contributed by atoms with van der Waals surface area (Å²) in [7, 11) is 0. The molecule has 2 saturated heterocycles. The second-order valence-corrected chi connectivity index (χ2v) is 8.20. The largest absolute Gasteiger partial charge is 0.505 e. The number of nitrogens with zero attached hydrogens (tertiary/aromatic N) is 5. The van der Waals surface area contributed by atoms with Crippen LogP contribution in [0, 0.1) is 6.92 Å². The molecule has 2 fully saturated rings. The second-order valence-electron chi connectivity index (χ2n) is 8.20. The first-order valence-electron chi connectivity index (χ1n) is 11.0. The molecule has 33 heavy (non-hydrogen) atoms. The second kappa shape index (κ2) is 8.76. The van der Waals surface area contributed by atoms with Gasteiger partial charge in [-0.15, -0.1) is 0 Å². The van der Waals surface area contributed by atoms with Crippen LogP contribution in [-0.2, 0) is 14.3 Å². The Balaban J connectivity index is 1.59. The molecular weight excluding hydrogens is 422 g/mol. The number of aryl methyl sites for hydroxylation is 1. The summed E-state index contributed by atoms with van der Waals surface area (Å²) >= 11 is 0. The molecule has 0 spiro atoms. The number of rotatable bonds is 5. The number of imidazole rings is 1. The summed E-state index contributed by atoms with van der Waals surface area (Å²) in [6, 6.07) is 8.34. The molecule has 9 heteroatoms. The Kier molecular flexibility index (Phi) is 5.65. The number of aliphatic hydroxyl groups is 1. The van der Waals surface area contributed by atoms with Gasteiger partial charge in [0.2, 0.25) is 0 Å². The monoisotopic (exact) mass is 447 g/mol. The minimum atomic E-state index is -0.706. The van der Waals surface area contributed by atoms with Gasteiger partial charge in [0.15, 0.2) is 5.76 Å². The molecule has 1 amide bonds. The van der Waals surface area contributed by atoms with Gasteiger partial charge in [0.05, 0.1) is 30.5 Å². The lowest BCUT2D eigenvalue weighted by Crippen LogP contribution is -2.42. The number of carbonyl (C=O) groups is 2. The molecule has 1 atom stereocenters. The molecule has 2 aliphatic heterocycles. The summed E-state index contributed by atoms with van der Waals surface area (Å²) in [5.41, 5.74) is 2.43. The number of likely N-dealkylation sites (tertiary alicyclic amines) is 1. The molecule has 170 valence electrons. The number of hydrogen-bond donors (Lipinski definition) is 1. The molecule has 2 aliphatic rings. The average molecular weight is 447 g/mol. The molecule has 1 N–H and O–H groups in total. The van der Waals surface area contributed by atoms with Crippen molar-refractivity contribution in [3.63, 3.8) is 0 Å². The Labute approximate surface area is 190 Å². The van der Waals surface area contributed by atoms with Crippen LogP contribution in [0.3, 0.4) is 0 Å². The van der Waals surface area contributed by atoms with Crippen LogP contribution in [0.4, 0.5) is 0 Å². The number of ether oxygens (including phenoxy) is 1. The van der Waals surface area contributed by atoms with Crippen LogP contribution in [0.5, 0.6) is 0 Å². The quantitative estimate of drug-likeness (QED) is 0.362. The van der Waals surface area contributed by atoms with Gasteiger partial charge >= 0.3 is 0 Å². The molecule has 5 heterocycles. The van der Waals surface area contributed by atoms with E-state index in [0.717, 1.165) is 18.7 Å². The summed E-state index contributed by atoms with van der Waals surface area (Å²) < 4.78 is 7.14. The van der Waals surface area contributed by atoms with Crippen LogP contribution in [0.25, 0.3) is 11.4 Å². The number of aromatic nitrogens is 3. The van der Waals surface area contributed by atoms with Crippen molar-refractivity contribution in [1.29, 1.82) is 0 Å². The van der Waals surface area contributed by atoms with Crippen LogP contribution < -0.4 is 0 Å². The number of Topliss-reactive ketones (excluding diaryl/α,β-unsaturated/α-hetero) is 1. The van der Waals surface area contributed by atoms with Gasteiger partial charge < -0.3 is 14.7 Å². The van der Waals surface area contributed by atoms with Crippen molar-refractivity contribution >= 4 is 23.1 Å². The minimum Gasteiger partial charge on any atom is -0.505 e. The van der Waals surface area contributed by atoms with E-state index < -0.39 is 17.7 Å². The molecule has 9 nitrogen and oxygen atoms in total. The Hall–Kier alpha value is -3.56. The maximum Gasteiger partial charge on any atom is 0.295 e. The molecule has 0 unspecified atom stereocenters. The number of hydrogen-bond acceptors (Lipinski definition) is 7. The zero-order chi connectivity index (χ0) is 22.9. The standard InChI is InChI=1S/C24H25N5O4/c1-16-20(28-9-3-2-4-18(28)26-16)22(30)19-21(17-5-7-25-8-6-17)29(24(32)23(19)31)11-10-27-12-14-33-15-13-27/h2-9,21,30H,10-15H2,1H3/t21-/m1/s1. The minimum absolute atomic E-state index is 0.0712. The van der Waals surface area contributed by atoms with Crippen molar-refractivity contribution in [2.45, 2.75) is 13.0 Å². The van der Waals surface area contributed by atoms with E-state index in [-0.39, 0.29) is 11.3 Å². The molecule has 0 aliphatic carbocycles. The summed E-state index contributed by atoms with van der Waals surface area (Å²) in [5.74, 6) is -1.53. The number of fused-ring (bicyclic) bond motifs is 1. The predicted octanol–water partition coefficient (Wildman–Crippen LogP) is 1.79. The Morgan fingerprint density at radius 3 is 2.64 bits per heavy atom. The van der Waals surface area contributed by atoms with E-state index in [9.17, 15) is 14.7 Å². The van der Waals surface area contributed by atoms with Crippen molar-refractivity contribution in [3.05, 3.63) is 71.4 Å². The summed E-state index contributed by atoms with van der Waals surface area (Å²) in [6.45, 7) is 5.63. The third-order valence-electron chi connectivity index (χ3n) is 6.25. The predicted molar refractivity (Wildman–Crippen MR) is 120 cm³/mol.